The molecule has 0 bridgehead atoms. The number of nitrogens with one attached hydrogen (secondary N) is 2. The number of pyridine rings is 1. The third-order valence-electron chi connectivity index (χ3n) is 4.01. The lowest BCUT2D eigenvalue weighted by Crippen LogP contribution is -2.30. The monoisotopic (exact) mass is 411 g/mol. The standard InChI is InChI=1S/C21H21N3O4S/c1-15-6-5-7-18(14-15)28-16(2)21(25)23-17-9-11-19(12-10-17)29(26,27)24-20-8-3-4-13-22-20/h3-14,16H,1-2H3,(H,22,24)(H,23,25)/t16-/m0/s1. The number of carbonyl (C=O) groups excluding carboxylic acids is 1. The predicted octanol–water partition coefficient (Wildman–Crippen LogP) is 3.60. The molecule has 29 heavy (non-hydrogen) atoms. The maximum Gasteiger partial charge on any atom is 0.265 e. The summed E-state index contributed by atoms with van der Waals surface area (Å²) in [5.41, 5.74) is 1.50. The molecule has 3 aromatic rings. The highest BCUT2D eigenvalue weighted by Gasteiger charge is 2.17. The third-order valence-corrected chi connectivity index (χ3v) is 5.38. The summed E-state index contributed by atoms with van der Waals surface area (Å²) in [5.74, 6) is 0.496. The van der Waals surface area contributed by atoms with Crippen LogP contribution in [0, 0.1) is 6.92 Å². The number of anilines is 2. The van der Waals surface area contributed by atoms with Gasteiger partial charge in [0, 0.05) is 11.9 Å². The molecule has 0 unspecified atom stereocenters. The van der Waals surface area contributed by atoms with Crippen molar-refractivity contribution in [3.8, 4) is 5.75 Å². The highest BCUT2D eigenvalue weighted by Crippen LogP contribution is 2.18. The fraction of sp³-hybridized carbons (Fsp3) is 0.143. The lowest BCUT2D eigenvalue weighted by atomic mass is 10.2. The summed E-state index contributed by atoms with van der Waals surface area (Å²) in [5, 5.41) is 2.71. The van der Waals surface area contributed by atoms with Crippen LogP contribution in [0.2, 0.25) is 0 Å². The average molecular weight is 411 g/mol. The zero-order chi connectivity index (χ0) is 20.9. The van der Waals surface area contributed by atoms with E-state index in [1.54, 1.807) is 31.2 Å². The van der Waals surface area contributed by atoms with Crippen LogP contribution in [0.5, 0.6) is 5.75 Å². The molecule has 1 amide bonds. The van der Waals surface area contributed by atoms with Crippen LogP contribution < -0.4 is 14.8 Å². The zero-order valence-corrected chi connectivity index (χ0v) is 16.8. The van der Waals surface area contributed by atoms with E-state index in [2.05, 4.69) is 15.0 Å². The molecule has 1 heterocycles. The van der Waals surface area contributed by atoms with Crippen LogP contribution in [-0.4, -0.2) is 25.4 Å². The number of aromatic nitrogens is 1. The number of nitrogens with zero attached hydrogens (tertiary/aromatic N) is 1. The maximum absolute atomic E-state index is 12.4. The van der Waals surface area contributed by atoms with Gasteiger partial charge in [0.15, 0.2) is 6.10 Å². The van der Waals surface area contributed by atoms with Gasteiger partial charge in [-0.1, -0.05) is 18.2 Å². The molecule has 0 aliphatic heterocycles. The van der Waals surface area contributed by atoms with Gasteiger partial charge in [-0.05, 0) is 67.9 Å². The molecule has 150 valence electrons. The molecule has 0 aliphatic carbocycles. The molecule has 0 fully saturated rings. The summed E-state index contributed by atoms with van der Waals surface area (Å²) < 4.78 is 32.9. The molecule has 0 radical (unpaired) electrons. The molecule has 8 heteroatoms. The molecule has 3 rings (SSSR count). The summed E-state index contributed by atoms with van der Waals surface area (Å²) in [6, 6.07) is 18.2. The Labute approximate surface area is 169 Å². The quantitative estimate of drug-likeness (QED) is 0.619. The Morgan fingerprint density at radius 1 is 1.03 bits per heavy atom. The second-order valence-electron chi connectivity index (χ2n) is 6.41. The van der Waals surface area contributed by atoms with E-state index in [-0.39, 0.29) is 16.6 Å². The van der Waals surface area contributed by atoms with E-state index in [0.29, 0.717) is 11.4 Å². The Morgan fingerprint density at radius 3 is 2.45 bits per heavy atom. The number of rotatable bonds is 7. The first-order valence-electron chi connectivity index (χ1n) is 8.91. The fourth-order valence-corrected chi connectivity index (χ4v) is 3.54. The van der Waals surface area contributed by atoms with Crippen LogP contribution in [0.15, 0.2) is 77.8 Å². The SMILES string of the molecule is Cc1cccc(O[C@@H](C)C(=O)Nc2ccc(S(=O)(=O)Nc3ccccn3)cc2)c1. The second kappa shape index (κ2) is 8.74. The van der Waals surface area contributed by atoms with Crippen molar-refractivity contribution in [2.45, 2.75) is 24.8 Å². The summed E-state index contributed by atoms with van der Waals surface area (Å²) in [7, 11) is -3.77. The minimum absolute atomic E-state index is 0.0604. The van der Waals surface area contributed by atoms with Crippen LogP contribution in [0.25, 0.3) is 0 Å². The first-order chi connectivity index (χ1) is 13.8. The Morgan fingerprint density at radius 2 is 1.79 bits per heavy atom. The van der Waals surface area contributed by atoms with Crippen molar-refractivity contribution in [3.05, 3.63) is 78.5 Å². The topological polar surface area (TPSA) is 97.4 Å². The minimum atomic E-state index is -3.77. The highest BCUT2D eigenvalue weighted by atomic mass is 32.2. The summed E-state index contributed by atoms with van der Waals surface area (Å²) >= 11 is 0. The largest absolute Gasteiger partial charge is 0.481 e. The van der Waals surface area contributed by atoms with Gasteiger partial charge in [-0.2, -0.15) is 0 Å². The van der Waals surface area contributed by atoms with Gasteiger partial charge in [-0.3, -0.25) is 9.52 Å². The molecule has 0 spiro atoms. The Kier molecular flexibility index (Phi) is 6.13. The second-order valence-corrected chi connectivity index (χ2v) is 8.09. The molecule has 1 atom stereocenters. The predicted molar refractivity (Wildman–Crippen MR) is 111 cm³/mol. The maximum atomic E-state index is 12.4. The molecule has 0 aliphatic rings. The van der Waals surface area contributed by atoms with Crippen LogP contribution in [0.3, 0.4) is 0 Å². The number of benzene rings is 2. The van der Waals surface area contributed by atoms with Crippen molar-refractivity contribution in [2.75, 3.05) is 10.0 Å². The van der Waals surface area contributed by atoms with Crippen molar-refractivity contribution in [1.29, 1.82) is 0 Å². The van der Waals surface area contributed by atoms with Gasteiger partial charge in [0.25, 0.3) is 15.9 Å². The molecule has 2 aromatic carbocycles. The van der Waals surface area contributed by atoms with E-state index < -0.39 is 16.1 Å². The minimum Gasteiger partial charge on any atom is -0.481 e. The number of amides is 1. The van der Waals surface area contributed by atoms with E-state index >= 15 is 0 Å². The van der Waals surface area contributed by atoms with Crippen LogP contribution >= 0.6 is 0 Å². The Hall–Kier alpha value is -3.39. The smallest absolute Gasteiger partial charge is 0.265 e. The van der Waals surface area contributed by atoms with Crippen molar-refractivity contribution in [1.82, 2.24) is 4.98 Å². The average Bonchev–Trinajstić information content (AvgIpc) is 2.69. The Bertz CT molecular complexity index is 1080. The number of hydrogen-bond acceptors (Lipinski definition) is 5. The van der Waals surface area contributed by atoms with Crippen LogP contribution in [0.4, 0.5) is 11.5 Å². The Balaban J connectivity index is 1.63. The molecular formula is C21H21N3O4S. The number of sulfonamides is 1. The molecule has 2 N–H and O–H groups in total. The van der Waals surface area contributed by atoms with Crippen molar-refractivity contribution in [2.24, 2.45) is 0 Å². The van der Waals surface area contributed by atoms with Gasteiger partial charge in [0.05, 0.1) is 4.90 Å². The van der Waals surface area contributed by atoms with Crippen LogP contribution in [-0.2, 0) is 14.8 Å². The number of ether oxygens (including phenoxy) is 1. The van der Waals surface area contributed by atoms with E-state index in [9.17, 15) is 13.2 Å². The summed E-state index contributed by atoms with van der Waals surface area (Å²) in [6.45, 7) is 3.59. The fourth-order valence-electron chi connectivity index (χ4n) is 2.53. The van der Waals surface area contributed by atoms with Crippen molar-refractivity contribution >= 4 is 27.4 Å². The van der Waals surface area contributed by atoms with Crippen molar-refractivity contribution < 1.29 is 17.9 Å². The van der Waals surface area contributed by atoms with Gasteiger partial charge in [-0.15, -0.1) is 0 Å². The van der Waals surface area contributed by atoms with Crippen molar-refractivity contribution in [3.63, 3.8) is 0 Å². The summed E-state index contributed by atoms with van der Waals surface area (Å²) in [4.78, 5) is 16.4. The van der Waals surface area contributed by atoms with E-state index in [1.165, 1.54) is 30.5 Å². The van der Waals surface area contributed by atoms with Gasteiger partial charge >= 0.3 is 0 Å². The molecule has 1 aromatic heterocycles. The van der Waals surface area contributed by atoms with Crippen LogP contribution in [0.1, 0.15) is 12.5 Å². The number of hydrogen-bond donors (Lipinski definition) is 2. The summed E-state index contributed by atoms with van der Waals surface area (Å²) in [6.07, 6.45) is 0.780. The lowest BCUT2D eigenvalue weighted by Gasteiger charge is -2.15. The van der Waals surface area contributed by atoms with Gasteiger partial charge in [0.2, 0.25) is 0 Å². The van der Waals surface area contributed by atoms with E-state index in [1.807, 2.05) is 25.1 Å². The third kappa shape index (κ3) is 5.55. The number of aryl methyl sites for hydroxylation is 1. The van der Waals surface area contributed by atoms with Gasteiger partial charge in [0.1, 0.15) is 11.6 Å². The normalized spacial score (nSPS) is 12.1. The molecule has 0 saturated carbocycles. The number of carbonyl (C=O) groups is 1. The molecular weight excluding hydrogens is 390 g/mol. The molecule has 7 nitrogen and oxygen atoms in total. The van der Waals surface area contributed by atoms with E-state index in [0.717, 1.165) is 5.56 Å². The lowest BCUT2D eigenvalue weighted by molar-refractivity contribution is -0.122. The molecule has 0 saturated heterocycles. The zero-order valence-electron chi connectivity index (χ0n) is 16.0. The van der Waals surface area contributed by atoms with Gasteiger partial charge < -0.3 is 10.1 Å². The van der Waals surface area contributed by atoms with Gasteiger partial charge in [-0.25, -0.2) is 13.4 Å². The highest BCUT2D eigenvalue weighted by molar-refractivity contribution is 7.92. The first kappa shape index (κ1) is 20.3. The van der Waals surface area contributed by atoms with E-state index in [4.69, 9.17) is 4.74 Å². The first-order valence-corrected chi connectivity index (χ1v) is 10.4.